The quantitative estimate of drug-likeness (QED) is 0.801. The fraction of sp³-hybridized carbons (Fsp3) is 0.417. The Labute approximate surface area is 93.5 Å². The first-order valence-corrected chi connectivity index (χ1v) is 5.35. The Morgan fingerprint density at radius 3 is 2.88 bits per heavy atom. The van der Waals surface area contributed by atoms with Crippen LogP contribution in [-0.4, -0.2) is 17.3 Å². The van der Waals surface area contributed by atoms with Crippen LogP contribution in [0.4, 0.5) is 10.1 Å². The molecule has 1 saturated carbocycles. The van der Waals surface area contributed by atoms with Crippen molar-refractivity contribution >= 4 is 5.69 Å². The molecule has 3 nitrogen and oxygen atoms in total. The summed E-state index contributed by atoms with van der Waals surface area (Å²) in [5.41, 5.74) is 0.869. The summed E-state index contributed by atoms with van der Waals surface area (Å²) in [5, 5.41) is 21.6. The van der Waals surface area contributed by atoms with Crippen molar-refractivity contribution in [3.63, 3.8) is 0 Å². The number of nitrogens with zero attached hydrogens (tertiary/aromatic N) is 1. The molecule has 84 valence electrons. The van der Waals surface area contributed by atoms with Crippen LogP contribution in [0, 0.1) is 17.1 Å². The minimum atomic E-state index is -0.422. The molecule has 0 bridgehead atoms. The summed E-state index contributed by atoms with van der Waals surface area (Å²) in [4.78, 5) is 0. The number of nitrogens with one attached hydrogen (secondary N) is 1. The van der Waals surface area contributed by atoms with Gasteiger partial charge in [-0.3, -0.25) is 0 Å². The van der Waals surface area contributed by atoms with Gasteiger partial charge in [0.15, 0.2) is 0 Å². The lowest BCUT2D eigenvalue weighted by Gasteiger charge is -2.18. The molecule has 1 fully saturated rings. The number of aliphatic hydroxyl groups excluding tert-OH is 1. The van der Waals surface area contributed by atoms with E-state index in [1.165, 1.54) is 12.1 Å². The molecule has 1 aliphatic carbocycles. The van der Waals surface area contributed by atoms with E-state index in [0.29, 0.717) is 5.69 Å². The molecule has 1 aliphatic rings. The monoisotopic (exact) mass is 220 g/mol. The van der Waals surface area contributed by atoms with Gasteiger partial charge in [-0.1, -0.05) is 0 Å². The highest BCUT2D eigenvalue weighted by molar-refractivity contribution is 5.58. The van der Waals surface area contributed by atoms with Gasteiger partial charge >= 0.3 is 0 Å². The molecule has 2 atom stereocenters. The first kappa shape index (κ1) is 10.9. The highest BCUT2D eigenvalue weighted by Crippen LogP contribution is 2.25. The maximum atomic E-state index is 12.9. The van der Waals surface area contributed by atoms with Gasteiger partial charge in [0, 0.05) is 0 Å². The van der Waals surface area contributed by atoms with Gasteiger partial charge in [0.05, 0.1) is 23.4 Å². The number of rotatable bonds is 2. The Morgan fingerprint density at radius 2 is 2.25 bits per heavy atom. The fourth-order valence-corrected chi connectivity index (χ4v) is 2.04. The fourth-order valence-electron chi connectivity index (χ4n) is 2.04. The molecule has 4 heteroatoms. The summed E-state index contributed by atoms with van der Waals surface area (Å²) in [6.45, 7) is 0. The lowest BCUT2D eigenvalue weighted by Crippen LogP contribution is -2.28. The Hall–Kier alpha value is -1.60. The minimum absolute atomic E-state index is 0.0300. The second-order valence-corrected chi connectivity index (χ2v) is 4.05. The minimum Gasteiger partial charge on any atom is -0.391 e. The zero-order chi connectivity index (χ0) is 11.5. The largest absolute Gasteiger partial charge is 0.391 e. The van der Waals surface area contributed by atoms with Crippen LogP contribution in [0.15, 0.2) is 18.2 Å². The Balaban J connectivity index is 2.18. The second-order valence-electron chi connectivity index (χ2n) is 4.05. The van der Waals surface area contributed by atoms with Crippen molar-refractivity contribution in [3.05, 3.63) is 29.6 Å². The Kier molecular flexibility index (Phi) is 3.07. The van der Waals surface area contributed by atoms with E-state index >= 15 is 0 Å². The van der Waals surface area contributed by atoms with Crippen LogP contribution in [0.2, 0.25) is 0 Å². The summed E-state index contributed by atoms with van der Waals surface area (Å²) < 4.78 is 12.9. The average Bonchev–Trinajstić information content (AvgIpc) is 2.67. The maximum Gasteiger partial charge on any atom is 0.124 e. The average molecular weight is 220 g/mol. The summed E-state index contributed by atoms with van der Waals surface area (Å²) in [6, 6.07) is 5.96. The first-order valence-electron chi connectivity index (χ1n) is 5.35. The number of benzene rings is 1. The van der Waals surface area contributed by atoms with Crippen LogP contribution >= 0.6 is 0 Å². The van der Waals surface area contributed by atoms with Crippen LogP contribution < -0.4 is 5.32 Å². The van der Waals surface area contributed by atoms with Crippen LogP contribution in [0.3, 0.4) is 0 Å². The predicted molar refractivity (Wildman–Crippen MR) is 58.4 cm³/mol. The summed E-state index contributed by atoms with van der Waals surface area (Å²) in [5.74, 6) is -0.422. The zero-order valence-corrected chi connectivity index (χ0v) is 8.78. The van der Waals surface area contributed by atoms with Gasteiger partial charge in [-0.05, 0) is 37.5 Å². The van der Waals surface area contributed by atoms with E-state index in [0.717, 1.165) is 19.3 Å². The molecule has 0 heterocycles. The van der Waals surface area contributed by atoms with Crippen LogP contribution in [0.5, 0.6) is 0 Å². The van der Waals surface area contributed by atoms with E-state index in [2.05, 4.69) is 5.32 Å². The van der Waals surface area contributed by atoms with Gasteiger partial charge in [0.25, 0.3) is 0 Å². The van der Waals surface area contributed by atoms with Crippen molar-refractivity contribution in [1.29, 1.82) is 5.26 Å². The van der Waals surface area contributed by atoms with Gasteiger partial charge in [-0.15, -0.1) is 0 Å². The molecule has 0 radical (unpaired) electrons. The van der Waals surface area contributed by atoms with E-state index in [-0.39, 0.29) is 17.7 Å². The topological polar surface area (TPSA) is 56.0 Å². The number of aliphatic hydroxyl groups is 1. The number of halogens is 1. The molecule has 16 heavy (non-hydrogen) atoms. The van der Waals surface area contributed by atoms with Crippen molar-refractivity contribution in [2.45, 2.75) is 31.4 Å². The highest BCUT2D eigenvalue weighted by Gasteiger charge is 2.25. The van der Waals surface area contributed by atoms with Crippen LogP contribution in [-0.2, 0) is 0 Å². The third-order valence-corrected chi connectivity index (χ3v) is 2.92. The van der Waals surface area contributed by atoms with Crippen molar-refractivity contribution in [3.8, 4) is 6.07 Å². The smallest absolute Gasteiger partial charge is 0.124 e. The summed E-state index contributed by atoms with van der Waals surface area (Å²) in [6.07, 6.45) is 2.25. The van der Waals surface area contributed by atoms with Gasteiger partial charge in [-0.2, -0.15) is 5.26 Å². The number of hydrogen-bond donors (Lipinski definition) is 2. The third kappa shape index (κ3) is 2.15. The highest BCUT2D eigenvalue weighted by atomic mass is 19.1. The van der Waals surface area contributed by atoms with Crippen LogP contribution in [0.25, 0.3) is 0 Å². The molecular formula is C12H13FN2O. The normalized spacial score (nSPS) is 24.1. The zero-order valence-electron chi connectivity index (χ0n) is 8.78. The molecular weight excluding hydrogens is 207 g/mol. The Bertz CT molecular complexity index is 428. The number of anilines is 1. The second kappa shape index (κ2) is 4.50. The molecule has 0 spiro atoms. The van der Waals surface area contributed by atoms with Gasteiger partial charge in [-0.25, -0.2) is 4.39 Å². The predicted octanol–water partition coefficient (Wildman–Crippen LogP) is 2.02. The van der Waals surface area contributed by atoms with E-state index in [4.69, 9.17) is 5.26 Å². The van der Waals surface area contributed by atoms with Crippen molar-refractivity contribution in [2.24, 2.45) is 0 Å². The van der Waals surface area contributed by atoms with Crippen molar-refractivity contribution in [1.82, 2.24) is 0 Å². The Morgan fingerprint density at radius 1 is 1.44 bits per heavy atom. The van der Waals surface area contributed by atoms with E-state index in [9.17, 15) is 9.50 Å². The maximum absolute atomic E-state index is 12.9. The lowest BCUT2D eigenvalue weighted by atomic mass is 10.1. The van der Waals surface area contributed by atoms with Crippen molar-refractivity contribution in [2.75, 3.05) is 5.32 Å². The molecule has 0 aromatic heterocycles. The summed E-state index contributed by atoms with van der Waals surface area (Å²) >= 11 is 0. The lowest BCUT2D eigenvalue weighted by molar-refractivity contribution is 0.172. The van der Waals surface area contributed by atoms with Gasteiger partial charge in [0.2, 0.25) is 0 Å². The molecule has 0 aliphatic heterocycles. The summed E-state index contributed by atoms with van der Waals surface area (Å²) in [7, 11) is 0. The molecule has 1 aromatic rings. The van der Waals surface area contributed by atoms with Gasteiger partial charge < -0.3 is 10.4 Å². The number of nitriles is 1. The molecule has 0 saturated heterocycles. The molecule has 2 N–H and O–H groups in total. The number of hydrogen-bond acceptors (Lipinski definition) is 3. The first-order chi connectivity index (χ1) is 7.70. The SMILES string of the molecule is N#Cc1cc(F)ccc1N[C@@H]1CCC[C@H]1O. The van der Waals surface area contributed by atoms with Gasteiger partial charge in [0.1, 0.15) is 11.9 Å². The van der Waals surface area contributed by atoms with Crippen LogP contribution in [0.1, 0.15) is 24.8 Å². The molecule has 2 rings (SSSR count). The van der Waals surface area contributed by atoms with E-state index in [1.54, 1.807) is 6.07 Å². The molecule has 0 unspecified atom stereocenters. The molecule has 1 aromatic carbocycles. The third-order valence-electron chi connectivity index (χ3n) is 2.92. The molecule has 0 amide bonds. The van der Waals surface area contributed by atoms with Crippen molar-refractivity contribution < 1.29 is 9.50 Å². The standard InChI is InChI=1S/C12H13FN2O/c13-9-4-5-10(8(6-9)7-14)15-11-2-1-3-12(11)16/h4-6,11-12,15-16H,1-3H2/t11-,12-/m1/s1. The van der Waals surface area contributed by atoms with E-state index < -0.39 is 5.82 Å². The van der Waals surface area contributed by atoms with E-state index in [1.807, 2.05) is 6.07 Å².